The first-order valence-corrected chi connectivity index (χ1v) is 11.9. The van der Waals surface area contributed by atoms with Crippen LogP contribution in [0.2, 0.25) is 0 Å². The third-order valence-corrected chi connectivity index (χ3v) is 7.03. The Morgan fingerprint density at radius 2 is 1.97 bits per heavy atom. The number of carbonyl (C=O) groups is 2. The van der Waals surface area contributed by atoms with E-state index in [2.05, 4.69) is 51.5 Å². The van der Waals surface area contributed by atoms with Crippen molar-refractivity contribution in [2.45, 2.75) is 32.1 Å². The Balaban J connectivity index is 1.38. The number of carbonyl (C=O) groups excluding carboxylic acids is 2. The third kappa shape index (κ3) is 4.93. The van der Waals surface area contributed by atoms with E-state index < -0.39 is 0 Å². The topological polar surface area (TPSA) is 77.2 Å². The van der Waals surface area contributed by atoms with E-state index in [1.807, 2.05) is 24.0 Å². The zero-order valence-electron chi connectivity index (χ0n) is 17.9. The maximum absolute atomic E-state index is 12.9. The highest BCUT2D eigenvalue weighted by atomic mass is 32.1. The molecular formula is C24H30N4O2S. The van der Waals surface area contributed by atoms with Crippen LogP contribution in [-0.2, 0) is 4.79 Å². The number of hydrogen-bond acceptors (Lipinski definition) is 3. The first kappa shape index (κ1) is 21.4. The Labute approximate surface area is 187 Å². The minimum atomic E-state index is -0.0474. The van der Waals surface area contributed by atoms with Gasteiger partial charge in [0.1, 0.15) is 0 Å². The van der Waals surface area contributed by atoms with Crippen molar-refractivity contribution in [1.29, 1.82) is 0 Å². The number of fused-ring (bicyclic) bond motifs is 1. The Morgan fingerprint density at radius 3 is 2.71 bits per heavy atom. The van der Waals surface area contributed by atoms with Crippen molar-refractivity contribution in [3.05, 3.63) is 58.4 Å². The minimum Gasteiger partial charge on any atom is -0.361 e. The van der Waals surface area contributed by atoms with Gasteiger partial charge in [-0.1, -0.05) is 31.2 Å². The van der Waals surface area contributed by atoms with Gasteiger partial charge in [-0.2, -0.15) is 0 Å². The number of benzene rings is 1. The monoisotopic (exact) mass is 438 g/mol. The van der Waals surface area contributed by atoms with Gasteiger partial charge in [0.25, 0.3) is 0 Å². The fourth-order valence-corrected chi connectivity index (χ4v) is 5.12. The largest absolute Gasteiger partial charge is 0.361 e. The van der Waals surface area contributed by atoms with E-state index in [1.54, 1.807) is 11.3 Å². The lowest BCUT2D eigenvalue weighted by Gasteiger charge is -2.31. The number of likely N-dealkylation sites (tertiary alicyclic amines) is 1. The van der Waals surface area contributed by atoms with Crippen LogP contribution in [0, 0.1) is 5.92 Å². The maximum atomic E-state index is 12.9. The summed E-state index contributed by atoms with van der Waals surface area (Å²) in [5.74, 6) is 0.233. The average Bonchev–Trinajstić information content (AvgIpc) is 3.49. The van der Waals surface area contributed by atoms with Crippen molar-refractivity contribution < 1.29 is 9.59 Å². The van der Waals surface area contributed by atoms with Crippen molar-refractivity contribution in [2.75, 3.05) is 26.2 Å². The molecule has 6 nitrogen and oxygen atoms in total. The number of rotatable bonds is 7. The number of H-pyrrole nitrogens is 1. The fraction of sp³-hybridized carbons (Fsp3) is 0.417. The van der Waals surface area contributed by atoms with Crippen LogP contribution in [0.3, 0.4) is 0 Å². The molecule has 164 valence electrons. The van der Waals surface area contributed by atoms with Crippen molar-refractivity contribution in [3.63, 3.8) is 0 Å². The molecular weight excluding hydrogens is 408 g/mol. The number of nitrogens with one attached hydrogen (secondary N) is 3. The molecule has 1 atom stereocenters. The summed E-state index contributed by atoms with van der Waals surface area (Å²) in [7, 11) is 0. The van der Waals surface area contributed by atoms with Crippen molar-refractivity contribution in [1.82, 2.24) is 20.5 Å². The van der Waals surface area contributed by atoms with Crippen LogP contribution in [0.5, 0.6) is 0 Å². The number of thiophene rings is 1. The second-order valence-corrected chi connectivity index (χ2v) is 9.08. The lowest BCUT2D eigenvalue weighted by molar-refractivity contribution is -0.126. The van der Waals surface area contributed by atoms with E-state index in [1.165, 1.54) is 15.8 Å². The summed E-state index contributed by atoms with van der Waals surface area (Å²) in [5.41, 5.74) is 2.30. The average molecular weight is 439 g/mol. The quantitative estimate of drug-likeness (QED) is 0.514. The number of urea groups is 1. The highest BCUT2D eigenvalue weighted by molar-refractivity contribution is 7.10. The Kier molecular flexibility index (Phi) is 6.92. The Morgan fingerprint density at radius 1 is 1.16 bits per heavy atom. The second-order valence-electron chi connectivity index (χ2n) is 8.10. The third-order valence-electron chi connectivity index (χ3n) is 6.04. The molecule has 7 heteroatoms. The van der Waals surface area contributed by atoms with E-state index in [0.29, 0.717) is 19.6 Å². The van der Waals surface area contributed by atoms with E-state index in [-0.39, 0.29) is 23.8 Å². The molecule has 1 fully saturated rings. The van der Waals surface area contributed by atoms with Gasteiger partial charge in [-0.15, -0.1) is 11.3 Å². The molecule has 1 aliphatic rings. The number of aromatic nitrogens is 1. The Bertz CT molecular complexity index is 1010. The van der Waals surface area contributed by atoms with Crippen LogP contribution < -0.4 is 10.6 Å². The molecule has 4 rings (SSSR count). The van der Waals surface area contributed by atoms with E-state index in [4.69, 9.17) is 0 Å². The zero-order valence-corrected chi connectivity index (χ0v) is 18.7. The molecule has 0 radical (unpaired) electrons. The van der Waals surface area contributed by atoms with Gasteiger partial charge in [-0.05, 0) is 42.3 Å². The van der Waals surface area contributed by atoms with Gasteiger partial charge in [-0.25, -0.2) is 4.79 Å². The van der Waals surface area contributed by atoms with Crippen LogP contribution in [0.1, 0.15) is 42.5 Å². The molecule has 0 aliphatic carbocycles. The summed E-state index contributed by atoms with van der Waals surface area (Å²) in [4.78, 5) is 31.5. The molecule has 0 spiro atoms. The number of hydrogen-bond donors (Lipinski definition) is 3. The lowest BCUT2D eigenvalue weighted by atomic mass is 9.95. The van der Waals surface area contributed by atoms with Gasteiger partial charge in [-0.3, -0.25) is 4.79 Å². The molecule has 3 aromatic rings. The smallest absolute Gasteiger partial charge is 0.317 e. The van der Waals surface area contributed by atoms with Gasteiger partial charge in [0, 0.05) is 60.0 Å². The number of amides is 3. The summed E-state index contributed by atoms with van der Waals surface area (Å²) in [6.07, 6.45) is 4.44. The van der Waals surface area contributed by atoms with Gasteiger partial charge < -0.3 is 20.5 Å². The number of piperidine rings is 1. The number of para-hydroxylation sites is 1. The first-order chi connectivity index (χ1) is 15.2. The molecule has 1 aromatic carbocycles. The minimum absolute atomic E-state index is 0.0145. The van der Waals surface area contributed by atoms with Crippen LogP contribution in [0.4, 0.5) is 4.79 Å². The molecule has 1 saturated heterocycles. The predicted octanol–water partition coefficient (Wildman–Crippen LogP) is 4.31. The standard InChI is InChI=1S/C24H30N4O2S/c1-2-11-25-23(29)17-9-12-28(13-10-17)24(30)27-16-20(22-8-5-14-31-22)19-15-26-21-7-4-3-6-18(19)21/h3-8,14-15,17,20,26H,2,9-13,16H2,1H3,(H,25,29)(H,27,30)/t20-/m1/s1. The summed E-state index contributed by atoms with van der Waals surface area (Å²) in [6, 6.07) is 12.4. The molecule has 3 heterocycles. The molecule has 3 amide bonds. The predicted molar refractivity (Wildman–Crippen MR) is 125 cm³/mol. The molecule has 1 aliphatic heterocycles. The first-order valence-electron chi connectivity index (χ1n) is 11.1. The van der Waals surface area contributed by atoms with Crippen molar-refractivity contribution >= 4 is 34.2 Å². The van der Waals surface area contributed by atoms with E-state index in [9.17, 15) is 9.59 Å². The normalized spacial score (nSPS) is 15.7. The van der Waals surface area contributed by atoms with Crippen molar-refractivity contribution in [3.8, 4) is 0 Å². The SMILES string of the molecule is CCCNC(=O)C1CCN(C(=O)NC[C@@H](c2cccs2)c2c[nH]c3ccccc23)CC1. The molecule has 3 N–H and O–H groups in total. The second kappa shape index (κ2) is 10.0. The molecule has 2 aromatic heterocycles. The van der Waals surface area contributed by atoms with Gasteiger partial charge >= 0.3 is 6.03 Å². The van der Waals surface area contributed by atoms with Crippen LogP contribution in [0.25, 0.3) is 10.9 Å². The highest BCUT2D eigenvalue weighted by Gasteiger charge is 2.28. The summed E-state index contributed by atoms with van der Waals surface area (Å²) in [5, 5.41) is 9.39. The summed E-state index contributed by atoms with van der Waals surface area (Å²) >= 11 is 1.71. The molecule has 0 saturated carbocycles. The van der Waals surface area contributed by atoms with Gasteiger partial charge in [0.15, 0.2) is 0 Å². The van der Waals surface area contributed by atoms with Gasteiger partial charge in [0.05, 0.1) is 0 Å². The summed E-state index contributed by atoms with van der Waals surface area (Å²) in [6.45, 7) is 4.54. The number of aromatic amines is 1. The van der Waals surface area contributed by atoms with Crippen LogP contribution in [0.15, 0.2) is 48.0 Å². The zero-order chi connectivity index (χ0) is 21.6. The van der Waals surface area contributed by atoms with E-state index in [0.717, 1.165) is 31.3 Å². The molecule has 0 unspecified atom stereocenters. The number of nitrogens with zero attached hydrogens (tertiary/aromatic N) is 1. The van der Waals surface area contributed by atoms with Gasteiger partial charge in [0.2, 0.25) is 5.91 Å². The Hall–Kier alpha value is -2.80. The van der Waals surface area contributed by atoms with Crippen LogP contribution in [-0.4, -0.2) is 48.0 Å². The fourth-order valence-electron chi connectivity index (χ4n) is 4.27. The van der Waals surface area contributed by atoms with E-state index >= 15 is 0 Å². The maximum Gasteiger partial charge on any atom is 0.317 e. The van der Waals surface area contributed by atoms with Crippen molar-refractivity contribution in [2.24, 2.45) is 5.92 Å². The molecule has 0 bridgehead atoms. The highest BCUT2D eigenvalue weighted by Crippen LogP contribution is 2.33. The summed E-state index contributed by atoms with van der Waals surface area (Å²) < 4.78 is 0. The molecule has 31 heavy (non-hydrogen) atoms. The lowest BCUT2D eigenvalue weighted by Crippen LogP contribution is -2.47. The van der Waals surface area contributed by atoms with Crippen LogP contribution >= 0.6 is 11.3 Å².